The number of nitrogens with zero attached hydrogens (tertiary/aromatic N) is 4. The number of anilines is 2. The molecule has 0 saturated carbocycles. The highest BCUT2D eigenvalue weighted by atomic mass is 19.1. The number of amides is 2. The average molecular weight is 462 g/mol. The molecule has 2 aliphatic rings. The molecule has 10 heteroatoms. The van der Waals surface area contributed by atoms with Gasteiger partial charge in [-0.15, -0.1) is 5.10 Å². The maximum absolute atomic E-state index is 13.4. The molecule has 0 aliphatic carbocycles. The number of nitrogens with one attached hydrogen (secondary N) is 1. The van der Waals surface area contributed by atoms with Gasteiger partial charge in [0.15, 0.2) is 11.5 Å². The number of rotatable bonds is 6. The fraction of sp³-hybridized carbons (Fsp3) is 0.208. The van der Waals surface area contributed by atoms with Crippen LogP contribution in [0.25, 0.3) is 5.69 Å². The van der Waals surface area contributed by atoms with Crippen LogP contribution in [0.3, 0.4) is 0 Å². The van der Waals surface area contributed by atoms with Gasteiger partial charge in [-0.1, -0.05) is 12.6 Å². The zero-order chi connectivity index (χ0) is 23.8. The summed E-state index contributed by atoms with van der Waals surface area (Å²) in [4.78, 5) is 28.0. The van der Waals surface area contributed by atoms with Gasteiger partial charge in [-0.25, -0.2) is 9.07 Å². The summed E-state index contributed by atoms with van der Waals surface area (Å²) in [6.45, 7) is 5.96. The Morgan fingerprint density at radius 2 is 1.94 bits per heavy atom. The van der Waals surface area contributed by atoms with Crippen LogP contribution in [0.5, 0.6) is 11.5 Å². The summed E-state index contributed by atoms with van der Waals surface area (Å²) < 4.78 is 20.6. The Hall–Kier alpha value is -4.34. The summed E-state index contributed by atoms with van der Waals surface area (Å²) in [7, 11) is 0. The Labute approximate surface area is 195 Å². The molecule has 5 rings (SSSR count). The zero-order valence-electron chi connectivity index (χ0n) is 18.3. The van der Waals surface area contributed by atoms with Crippen molar-refractivity contribution in [1.29, 1.82) is 0 Å². The number of hydrogen-bond donors (Lipinski definition) is 2. The molecule has 2 aromatic carbocycles. The van der Waals surface area contributed by atoms with Crippen molar-refractivity contribution in [2.24, 2.45) is 5.73 Å². The number of primary amides is 1. The summed E-state index contributed by atoms with van der Waals surface area (Å²) in [5.74, 6) is 0.409. The second-order valence-corrected chi connectivity index (χ2v) is 8.10. The molecule has 174 valence electrons. The number of hydrogen-bond acceptors (Lipinski definition) is 6. The second-order valence-electron chi connectivity index (χ2n) is 8.10. The second kappa shape index (κ2) is 8.54. The highest BCUT2D eigenvalue weighted by molar-refractivity contribution is 6.00. The normalized spacial score (nSPS) is 15.2. The van der Waals surface area contributed by atoms with E-state index in [0.29, 0.717) is 54.9 Å². The number of benzene rings is 2. The third kappa shape index (κ3) is 3.83. The van der Waals surface area contributed by atoms with E-state index in [1.54, 1.807) is 41.3 Å². The molecule has 0 bridgehead atoms. The van der Waals surface area contributed by atoms with E-state index in [0.717, 1.165) is 0 Å². The van der Waals surface area contributed by atoms with Crippen LogP contribution in [-0.4, -0.2) is 58.7 Å². The highest BCUT2D eigenvalue weighted by Crippen LogP contribution is 2.36. The quantitative estimate of drug-likeness (QED) is 0.546. The summed E-state index contributed by atoms with van der Waals surface area (Å²) in [6, 6.07) is 12.9. The number of aromatic nitrogens is 2. The Bertz CT molecular complexity index is 1270. The largest absolute Gasteiger partial charge is 0.457 e. The fourth-order valence-electron chi connectivity index (χ4n) is 4.23. The molecule has 1 saturated heterocycles. The van der Waals surface area contributed by atoms with E-state index in [2.05, 4.69) is 16.8 Å². The lowest BCUT2D eigenvalue weighted by molar-refractivity contribution is -0.130. The van der Waals surface area contributed by atoms with Gasteiger partial charge < -0.3 is 25.6 Å². The lowest BCUT2D eigenvalue weighted by Gasteiger charge is -2.46. The molecular formula is C24H23FN6O3. The molecule has 2 aliphatic heterocycles. The molecule has 3 aromatic rings. The Kier molecular flexibility index (Phi) is 5.40. The van der Waals surface area contributed by atoms with Gasteiger partial charge in [-0.05, 0) is 42.5 Å². The van der Waals surface area contributed by atoms with Gasteiger partial charge in [0.1, 0.15) is 23.0 Å². The fourth-order valence-corrected chi connectivity index (χ4v) is 4.23. The van der Waals surface area contributed by atoms with Crippen molar-refractivity contribution < 1.29 is 18.7 Å². The van der Waals surface area contributed by atoms with Crippen molar-refractivity contribution in [3.05, 3.63) is 72.7 Å². The van der Waals surface area contributed by atoms with E-state index in [1.807, 2.05) is 0 Å². The first-order chi connectivity index (χ1) is 16.4. The maximum atomic E-state index is 13.4. The van der Waals surface area contributed by atoms with Gasteiger partial charge in [0.2, 0.25) is 5.91 Å². The first-order valence-corrected chi connectivity index (χ1v) is 10.8. The summed E-state index contributed by atoms with van der Waals surface area (Å²) in [6.07, 6.45) is 1.31. The molecule has 0 atom stereocenters. The Morgan fingerprint density at radius 3 is 2.62 bits per heavy atom. The number of halogens is 1. The third-order valence-corrected chi connectivity index (χ3v) is 5.93. The first kappa shape index (κ1) is 21.5. The SMILES string of the molecule is C=CC(=O)N1CC(N2CCNc3c2nn(-c2ccc(Oc4cccc(F)c4)cc2)c3C(N)=O)C1. The minimum Gasteiger partial charge on any atom is -0.457 e. The van der Waals surface area contributed by atoms with Gasteiger partial charge in [0.05, 0.1) is 11.7 Å². The number of fused-ring (bicyclic) bond motifs is 1. The highest BCUT2D eigenvalue weighted by Gasteiger charge is 2.39. The van der Waals surface area contributed by atoms with Gasteiger partial charge in [0.25, 0.3) is 5.91 Å². The molecule has 0 spiro atoms. The molecule has 1 aromatic heterocycles. The topological polar surface area (TPSA) is 106 Å². The van der Waals surface area contributed by atoms with E-state index < -0.39 is 5.91 Å². The van der Waals surface area contributed by atoms with Crippen LogP contribution in [-0.2, 0) is 4.79 Å². The Morgan fingerprint density at radius 1 is 1.18 bits per heavy atom. The molecular weight excluding hydrogens is 439 g/mol. The number of ether oxygens (including phenoxy) is 1. The molecule has 3 N–H and O–H groups in total. The third-order valence-electron chi connectivity index (χ3n) is 5.93. The minimum absolute atomic E-state index is 0.0934. The van der Waals surface area contributed by atoms with E-state index in [1.165, 1.54) is 22.9 Å². The van der Waals surface area contributed by atoms with Crippen LogP contribution in [0.4, 0.5) is 15.9 Å². The predicted molar refractivity (Wildman–Crippen MR) is 125 cm³/mol. The van der Waals surface area contributed by atoms with Crippen molar-refractivity contribution in [1.82, 2.24) is 14.7 Å². The number of nitrogens with two attached hydrogens (primary N) is 1. The van der Waals surface area contributed by atoms with Gasteiger partial charge in [0, 0.05) is 32.2 Å². The number of carbonyl (C=O) groups is 2. The molecule has 3 heterocycles. The van der Waals surface area contributed by atoms with Gasteiger partial charge >= 0.3 is 0 Å². The minimum atomic E-state index is -0.611. The van der Waals surface area contributed by atoms with E-state index in [9.17, 15) is 14.0 Å². The molecule has 9 nitrogen and oxygen atoms in total. The van der Waals surface area contributed by atoms with Crippen LogP contribution in [0.1, 0.15) is 10.5 Å². The molecule has 0 radical (unpaired) electrons. The standard InChI is InChI=1S/C24H23FN6O3/c1-2-20(32)29-13-17(14-29)30-11-10-27-21-22(23(26)33)31(28-24(21)30)16-6-8-18(9-7-16)34-19-5-3-4-15(25)12-19/h2-9,12,17,27H,1,10-11,13-14H2,(H2,26,33). The summed E-state index contributed by atoms with van der Waals surface area (Å²) in [5.41, 5.74) is 7.17. The lowest BCUT2D eigenvalue weighted by Crippen LogP contribution is -2.62. The smallest absolute Gasteiger partial charge is 0.269 e. The van der Waals surface area contributed by atoms with E-state index >= 15 is 0 Å². The average Bonchev–Trinajstić information content (AvgIpc) is 3.19. The Balaban J connectivity index is 1.42. The zero-order valence-corrected chi connectivity index (χ0v) is 18.3. The molecule has 34 heavy (non-hydrogen) atoms. The molecule has 2 amide bonds. The molecule has 1 fully saturated rings. The predicted octanol–water partition coefficient (Wildman–Crippen LogP) is 2.53. The van der Waals surface area contributed by atoms with Crippen LogP contribution in [0, 0.1) is 5.82 Å². The van der Waals surface area contributed by atoms with Crippen molar-refractivity contribution in [2.75, 3.05) is 36.4 Å². The van der Waals surface area contributed by atoms with Crippen molar-refractivity contribution >= 4 is 23.3 Å². The van der Waals surface area contributed by atoms with Crippen LogP contribution >= 0.6 is 0 Å². The monoisotopic (exact) mass is 462 g/mol. The summed E-state index contributed by atoms with van der Waals surface area (Å²) in [5, 5.41) is 7.95. The number of likely N-dealkylation sites (tertiary alicyclic amines) is 1. The van der Waals surface area contributed by atoms with Crippen molar-refractivity contribution in [2.45, 2.75) is 6.04 Å². The van der Waals surface area contributed by atoms with Gasteiger partial charge in [-0.3, -0.25) is 9.59 Å². The van der Waals surface area contributed by atoms with Crippen LogP contribution in [0.2, 0.25) is 0 Å². The van der Waals surface area contributed by atoms with E-state index in [-0.39, 0.29) is 23.5 Å². The van der Waals surface area contributed by atoms with E-state index in [4.69, 9.17) is 15.6 Å². The van der Waals surface area contributed by atoms with Crippen molar-refractivity contribution in [3.63, 3.8) is 0 Å². The first-order valence-electron chi connectivity index (χ1n) is 10.8. The van der Waals surface area contributed by atoms with Crippen LogP contribution in [0.15, 0.2) is 61.2 Å². The lowest BCUT2D eigenvalue weighted by atomic mass is 10.1. The molecule has 0 unspecified atom stereocenters. The van der Waals surface area contributed by atoms with Gasteiger partial charge in [-0.2, -0.15) is 0 Å². The van der Waals surface area contributed by atoms with Crippen molar-refractivity contribution in [3.8, 4) is 17.2 Å². The summed E-state index contributed by atoms with van der Waals surface area (Å²) >= 11 is 0. The maximum Gasteiger partial charge on any atom is 0.269 e. The van der Waals surface area contributed by atoms with Crippen LogP contribution < -0.4 is 20.7 Å². The number of carbonyl (C=O) groups excluding carboxylic acids is 2.